The van der Waals surface area contributed by atoms with Crippen molar-refractivity contribution in [2.45, 2.75) is 46.8 Å². The maximum absolute atomic E-state index is 11.6. The van der Waals surface area contributed by atoms with Crippen molar-refractivity contribution in [1.29, 1.82) is 0 Å². The van der Waals surface area contributed by atoms with E-state index in [1.54, 1.807) is 27.7 Å². The SMILES string of the molecule is C=C(C)C(=O)OC(C)COc1ccc2c(C)c(OCC(C)OC(=O)C(=C)C)ccc2c1. The molecule has 0 aliphatic rings. The highest BCUT2D eigenvalue weighted by molar-refractivity contribution is 5.89. The van der Waals surface area contributed by atoms with E-state index in [0.29, 0.717) is 16.9 Å². The predicted octanol–water partition coefficient (Wildman–Crippen LogP) is 4.92. The average molecular weight is 427 g/mol. The molecule has 2 atom stereocenters. The lowest BCUT2D eigenvalue weighted by Gasteiger charge is -2.17. The van der Waals surface area contributed by atoms with Crippen LogP contribution in [0.25, 0.3) is 10.8 Å². The second-order valence-corrected chi connectivity index (χ2v) is 7.69. The summed E-state index contributed by atoms with van der Waals surface area (Å²) in [6.07, 6.45) is -0.783. The van der Waals surface area contributed by atoms with Crippen LogP contribution in [0.15, 0.2) is 54.6 Å². The van der Waals surface area contributed by atoms with Crippen LogP contribution >= 0.6 is 0 Å². The first-order chi connectivity index (χ1) is 14.6. The quantitative estimate of drug-likeness (QED) is 0.397. The van der Waals surface area contributed by atoms with E-state index in [4.69, 9.17) is 18.9 Å². The molecule has 166 valence electrons. The van der Waals surface area contributed by atoms with E-state index in [1.807, 2.05) is 37.3 Å². The zero-order chi connectivity index (χ0) is 23.1. The van der Waals surface area contributed by atoms with Crippen LogP contribution in [0, 0.1) is 6.92 Å². The third kappa shape index (κ3) is 6.88. The normalized spacial score (nSPS) is 12.5. The fraction of sp³-hybridized carbons (Fsp3) is 0.360. The number of carbonyl (C=O) groups excluding carboxylic acids is 2. The monoisotopic (exact) mass is 426 g/mol. The van der Waals surface area contributed by atoms with Crippen LogP contribution in [0.5, 0.6) is 11.5 Å². The molecule has 0 radical (unpaired) electrons. The number of ether oxygens (including phenoxy) is 4. The van der Waals surface area contributed by atoms with Gasteiger partial charge in [-0.15, -0.1) is 0 Å². The Morgan fingerprint density at radius 2 is 1.42 bits per heavy atom. The molecule has 0 bridgehead atoms. The minimum absolute atomic E-state index is 0.242. The molecule has 0 aromatic heterocycles. The molecule has 2 aromatic rings. The third-order valence-electron chi connectivity index (χ3n) is 4.48. The summed E-state index contributed by atoms with van der Waals surface area (Å²) in [6.45, 7) is 16.4. The van der Waals surface area contributed by atoms with Gasteiger partial charge in [-0.1, -0.05) is 25.3 Å². The number of esters is 2. The summed E-state index contributed by atoms with van der Waals surface area (Å²) >= 11 is 0. The number of fused-ring (bicyclic) bond motifs is 1. The maximum atomic E-state index is 11.6. The van der Waals surface area contributed by atoms with Crippen LogP contribution in [-0.4, -0.2) is 37.4 Å². The van der Waals surface area contributed by atoms with Crippen LogP contribution in [0.4, 0.5) is 0 Å². The van der Waals surface area contributed by atoms with Crippen molar-refractivity contribution in [3.63, 3.8) is 0 Å². The van der Waals surface area contributed by atoms with E-state index in [9.17, 15) is 9.59 Å². The van der Waals surface area contributed by atoms with E-state index in [0.717, 1.165) is 22.1 Å². The van der Waals surface area contributed by atoms with Crippen LogP contribution < -0.4 is 9.47 Å². The van der Waals surface area contributed by atoms with E-state index in [-0.39, 0.29) is 13.2 Å². The molecule has 0 saturated carbocycles. The minimum atomic E-state index is -0.429. The lowest BCUT2D eigenvalue weighted by molar-refractivity contribution is -0.145. The van der Waals surface area contributed by atoms with E-state index >= 15 is 0 Å². The molecule has 0 heterocycles. The Morgan fingerprint density at radius 3 is 1.97 bits per heavy atom. The highest BCUT2D eigenvalue weighted by atomic mass is 16.6. The second kappa shape index (κ2) is 10.7. The molecule has 2 rings (SSSR count). The molecule has 0 fully saturated rings. The standard InChI is InChI=1S/C25H30O6/c1-15(2)24(26)30-17(5)13-28-21-9-10-22-19(7)23(11-8-20(22)12-21)29-14-18(6)31-25(27)16(3)4/h8-12,17-18H,1,3,13-14H2,2,4-7H3. The van der Waals surface area contributed by atoms with Gasteiger partial charge in [-0.25, -0.2) is 9.59 Å². The summed E-state index contributed by atoms with van der Waals surface area (Å²) in [5, 5.41) is 2.02. The van der Waals surface area contributed by atoms with Gasteiger partial charge >= 0.3 is 11.9 Å². The first-order valence-corrected chi connectivity index (χ1v) is 10.1. The van der Waals surface area contributed by atoms with Crippen LogP contribution in [0.2, 0.25) is 0 Å². The van der Waals surface area contributed by atoms with Crippen molar-refractivity contribution in [2.24, 2.45) is 0 Å². The number of hydrogen-bond acceptors (Lipinski definition) is 6. The molecule has 6 nitrogen and oxygen atoms in total. The van der Waals surface area contributed by atoms with Gasteiger partial charge in [-0.3, -0.25) is 0 Å². The number of benzene rings is 2. The first kappa shape index (κ1) is 24.0. The van der Waals surface area contributed by atoms with Crippen molar-refractivity contribution < 1.29 is 28.5 Å². The molecular formula is C25H30O6. The molecule has 0 aliphatic heterocycles. The zero-order valence-electron chi connectivity index (χ0n) is 18.8. The predicted molar refractivity (Wildman–Crippen MR) is 120 cm³/mol. The van der Waals surface area contributed by atoms with Crippen LogP contribution in [0.3, 0.4) is 0 Å². The molecular weight excluding hydrogens is 396 g/mol. The summed E-state index contributed by atoms with van der Waals surface area (Å²) in [7, 11) is 0. The lowest BCUT2D eigenvalue weighted by Crippen LogP contribution is -2.22. The average Bonchev–Trinajstić information content (AvgIpc) is 2.71. The molecule has 0 amide bonds. The van der Waals surface area contributed by atoms with Crippen molar-refractivity contribution in [2.75, 3.05) is 13.2 Å². The Hall–Kier alpha value is -3.28. The second-order valence-electron chi connectivity index (χ2n) is 7.69. The van der Waals surface area contributed by atoms with Crippen molar-refractivity contribution in [3.05, 3.63) is 60.2 Å². The minimum Gasteiger partial charge on any atom is -0.490 e. The first-order valence-electron chi connectivity index (χ1n) is 10.1. The van der Waals surface area contributed by atoms with Gasteiger partial charge in [0.25, 0.3) is 0 Å². The molecule has 0 spiro atoms. The van der Waals surface area contributed by atoms with Gasteiger partial charge in [0.05, 0.1) is 0 Å². The highest BCUT2D eigenvalue weighted by Gasteiger charge is 2.13. The lowest BCUT2D eigenvalue weighted by atomic mass is 10.0. The number of hydrogen-bond donors (Lipinski definition) is 0. The maximum Gasteiger partial charge on any atom is 0.333 e. The summed E-state index contributed by atoms with van der Waals surface area (Å²) in [5.74, 6) is 0.544. The van der Waals surface area contributed by atoms with Crippen molar-refractivity contribution in [1.82, 2.24) is 0 Å². The highest BCUT2D eigenvalue weighted by Crippen LogP contribution is 2.30. The molecule has 0 N–H and O–H groups in total. The van der Waals surface area contributed by atoms with Gasteiger partial charge in [0.1, 0.15) is 36.9 Å². The summed E-state index contributed by atoms with van der Waals surface area (Å²) in [5.41, 5.74) is 1.69. The van der Waals surface area contributed by atoms with Gasteiger partial charge in [0.2, 0.25) is 0 Å². The van der Waals surface area contributed by atoms with Gasteiger partial charge in [0.15, 0.2) is 0 Å². The molecule has 0 aliphatic carbocycles. The van der Waals surface area contributed by atoms with Gasteiger partial charge < -0.3 is 18.9 Å². The van der Waals surface area contributed by atoms with E-state index in [1.165, 1.54) is 0 Å². The number of rotatable bonds is 10. The Kier molecular flexibility index (Phi) is 8.25. The van der Waals surface area contributed by atoms with Crippen molar-refractivity contribution >= 4 is 22.7 Å². The van der Waals surface area contributed by atoms with Gasteiger partial charge in [-0.2, -0.15) is 0 Å². The van der Waals surface area contributed by atoms with Crippen LogP contribution in [0.1, 0.15) is 33.3 Å². The topological polar surface area (TPSA) is 71.1 Å². The summed E-state index contributed by atoms with van der Waals surface area (Å²) in [4.78, 5) is 23.2. The Labute approximate surface area is 183 Å². The molecule has 2 aromatic carbocycles. The fourth-order valence-corrected chi connectivity index (χ4v) is 2.74. The fourth-order valence-electron chi connectivity index (χ4n) is 2.74. The Morgan fingerprint density at radius 1 is 0.871 bits per heavy atom. The molecule has 0 saturated heterocycles. The third-order valence-corrected chi connectivity index (χ3v) is 4.48. The largest absolute Gasteiger partial charge is 0.490 e. The van der Waals surface area contributed by atoms with Crippen molar-refractivity contribution in [3.8, 4) is 11.5 Å². The van der Waals surface area contributed by atoms with E-state index < -0.39 is 24.1 Å². The van der Waals surface area contributed by atoms with Crippen LogP contribution in [-0.2, 0) is 19.1 Å². The summed E-state index contributed by atoms with van der Waals surface area (Å²) in [6, 6.07) is 9.58. The number of carbonyl (C=O) groups is 2. The molecule has 6 heteroatoms. The zero-order valence-corrected chi connectivity index (χ0v) is 18.8. The summed E-state index contributed by atoms with van der Waals surface area (Å²) < 4.78 is 22.1. The van der Waals surface area contributed by atoms with E-state index in [2.05, 4.69) is 13.2 Å². The smallest absolute Gasteiger partial charge is 0.333 e. The Balaban J connectivity index is 2.01. The number of aryl methyl sites for hydroxylation is 1. The van der Waals surface area contributed by atoms with Gasteiger partial charge in [0, 0.05) is 11.1 Å². The molecule has 2 unspecified atom stereocenters. The van der Waals surface area contributed by atoms with Gasteiger partial charge in [-0.05, 0) is 69.2 Å². The Bertz CT molecular complexity index is 991. The molecule has 31 heavy (non-hydrogen) atoms.